The van der Waals surface area contributed by atoms with E-state index < -0.39 is 24.2 Å². The Labute approximate surface area is 70.6 Å². The molecule has 0 saturated heterocycles. The molecular weight excluding hydrogens is 189 g/mol. The second kappa shape index (κ2) is 3.08. The largest absolute Gasteiger partial charge is 0.504 e. The Hall–Kier alpha value is -1.53. The number of carbonyl (C=O) groups excluding carboxylic acids is 1. The van der Waals surface area contributed by atoms with Gasteiger partial charge in [0.15, 0.2) is 12.0 Å². The van der Waals surface area contributed by atoms with Crippen molar-refractivity contribution >= 4 is 6.29 Å². The molecule has 0 radical (unpaired) electrons. The van der Waals surface area contributed by atoms with E-state index in [1.54, 1.807) is 0 Å². The Morgan fingerprint density at radius 1 is 1.62 bits per heavy atom. The lowest BCUT2D eigenvalue weighted by atomic mass is 10.4. The lowest BCUT2D eigenvalue weighted by Gasteiger charge is -2.06. The number of aromatic nitrogens is 2. The molecule has 0 aliphatic rings. The quantitative estimate of drug-likeness (QED) is 0.713. The first-order chi connectivity index (χ1) is 5.94. The first-order valence-corrected chi connectivity index (χ1v) is 3.21. The van der Waals surface area contributed by atoms with Crippen LogP contribution in [0, 0.1) is 0 Å². The van der Waals surface area contributed by atoms with Gasteiger partial charge in [0.2, 0.25) is 0 Å². The van der Waals surface area contributed by atoms with Crippen LogP contribution in [0.1, 0.15) is 10.5 Å². The van der Waals surface area contributed by atoms with Crippen molar-refractivity contribution in [3.8, 4) is 5.75 Å². The lowest BCUT2D eigenvalue weighted by molar-refractivity contribution is -0.142. The van der Waals surface area contributed by atoms with Crippen LogP contribution in [0.4, 0.5) is 13.2 Å². The van der Waals surface area contributed by atoms with Gasteiger partial charge < -0.3 is 5.11 Å². The topological polar surface area (TPSA) is 55.1 Å². The van der Waals surface area contributed by atoms with E-state index >= 15 is 0 Å². The standard InChI is InChI=1S/C6H5F3N2O2/c7-6(8,9)3-11-4(2-12)5(13)1-10-11/h1-2,13H,3H2. The number of aldehydes is 1. The summed E-state index contributed by atoms with van der Waals surface area (Å²) in [5.41, 5.74) is -0.475. The fourth-order valence-corrected chi connectivity index (χ4v) is 0.802. The Balaban J connectivity index is 2.95. The van der Waals surface area contributed by atoms with E-state index in [1.807, 2.05) is 0 Å². The van der Waals surface area contributed by atoms with Crippen LogP contribution in [-0.2, 0) is 6.54 Å². The Morgan fingerprint density at radius 2 is 2.23 bits per heavy atom. The molecule has 0 aliphatic carbocycles. The third-order valence-electron chi connectivity index (χ3n) is 1.30. The minimum Gasteiger partial charge on any atom is -0.504 e. The average Bonchev–Trinajstić information content (AvgIpc) is 2.28. The van der Waals surface area contributed by atoms with E-state index in [4.69, 9.17) is 5.11 Å². The molecule has 0 bridgehead atoms. The van der Waals surface area contributed by atoms with Gasteiger partial charge in [-0.05, 0) is 0 Å². The predicted molar refractivity (Wildman–Crippen MR) is 35.3 cm³/mol. The van der Waals surface area contributed by atoms with Gasteiger partial charge in [0, 0.05) is 0 Å². The van der Waals surface area contributed by atoms with Gasteiger partial charge in [-0.2, -0.15) is 18.3 Å². The fourth-order valence-electron chi connectivity index (χ4n) is 0.802. The van der Waals surface area contributed by atoms with Crippen LogP contribution in [0.5, 0.6) is 5.75 Å². The molecule has 0 atom stereocenters. The molecule has 0 spiro atoms. The summed E-state index contributed by atoms with van der Waals surface area (Å²) in [5.74, 6) is -0.556. The average molecular weight is 194 g/mol. The highest BCUT2D eigenvalue weighted by Gasteiger charge is 2.30. The SMILES string of the molecule is O=Cc1c(O)cnn1CC(F)(F)F. The summed E-state index contributed by atoms with van der Waals surface area (Å²) in [6, 6.07) is 0. The maximum Gasteiger partial charge on any atom is 0.408 e. The van der Waals surface area contributed by atoms with Crippen LogP contribution in [0.25, 0.3) is 0 Å². The third-order valence-corrected chi connectivity index (χ3v) is 1.30. The highest BCUT2D eigenvalue weighted by atomic mass is 19.4. The van der Waals surface area contributed by atoms with Gasteiger partial charge in [-0.15, -0.1) is 0 Å². The zero-order valence-corrected chi connectivity index (χ0v) is 6.25. The zero-order chi connectivity index (χ0) is 10.1. The number of carbonyl (C=O) groups is 1. The van der Waals surface area contributed by atoms with Crippen LogP contribution in [-0.4, -0.2) is 27.3 Å². The molecule has 0 unspecified atom stereocenters. The molecule has 1 aromatic rings. The first kappa shape index (κ1) is 9.56. The van der Waals surface area contributed by atoms with Crippen molar-refractivity contribution in [2.45, 2.75) is 12.7 Å². The van der Waals surface area contributed by atoms with E-state index in [2.05, 4.69) is 5.10 Å². The molecule has 7 heteroatoms. The predicted octanol–water partition coefficient (Wildman–Crippen LogP) is 0.964. The number of hydrogen-bond acceptors (Lipinski definition) is 3. The molecule has 1 heterocycles. The molecule has 0 aliphatic heterocycles. The molecule has 1 rings (SSSR count). The van der Waals surface area contributed by atoms with Crippen molar-refractivity contribution in [1.29, 1.82) is 0 Å². The molecule has 4 nitrogen and oxygen atoms in total. The van der Waals surface area contributed by atoms with Gasteiger partial charge in [-0.3, -0.25) is 4.79 Å². The molecule has 0 amide bonds. The van der Waals surface area contributed by atoms with Crippen LogP contribution >= 0.6 is 0 Å². The number of halogens is 3. The number of hydrogen-bond donors (Lipinski definition) is 1. The van der Waals surface area contributed by atoms with Crippen molar-refractivity contribution in [2.75, 3.05) is 0 Å². The summed E-state index contributed by atoms with van der Waals surface area (Å²) in [6.45, 7) is -1.39. The third kappa shape index (κ3) is 2.20. The molecule has 1 N–H and O–H groups in total. The van der Waals surface area contributed by atoms with Gasteiger partial charge in [-0.1, -0.05) is 0 Å². The Morgan fingerprint density at radius 3 is 2.69 bits per heavy atom. The molecule has 72 valence electrons. The van der Waals surface area contributed by atoms with Gasteiger partial charge in [0.05, 0.1) is 6.20 Å². The van der Waals surface area contributed by atoms with E-state index in [-0.39, 0.29) is 6.29 Å². The second-order valence-electron chi connectivity index (χ2n) is 2.31. The van der Waals surface area contributed by atoms with Crippen molar-refractivity contribution in [1.82, 2.24) is 9.78 Å². The fraction of sp³-hybridized carbons (Fsp3) is 0.333. The van der Waals surface area contributed by atoms with Crippen molar-refractivity contribution in [3.05, 3.63) is 11.9 Å². The first-order valence-electron chi connectivity index (χ1n) is 3.21. The van der Waals surface area contributed by atoms with E-state index in [0.717, 1.165) is 6.20 Å². The summed E-state index contributed by atoms with van der Waals surface area (Å²) >= 11 is 0. The molecule has 1 aromatic heterocycles. The summed E-state index contributed by atoms with van der Waals surface area (Å²) in [4.78, 5) is 10.2. The lowest BCUT2D eigenvalue weighted by Crippen LogP contribution is -2.20. The number of nitrogens with zero attached hydrogens (tertiary/aromatic N) is 2. The zero-order valence-electron chi connectivity index (χ0n) is 6.25. The van der Waals surface area contributed by atoms with Gasteiger partial charge in [-0.25, -0.2) is 4.68 Å². The minimum absolute atomic E-state index is 0.119. The molecule has 0 saturated carbocycles. The van der Waals surface area contributed by atoms with Gasteiger partial charge in [0.25, 0.3) is 0 Å². The van der Waals surface area contributed by atoms with Crippen molar-refractivity contribution in [3.63, 3.8) is 0 Å². The van der Waals surface area contributed by atoms with Crippen molar-refractivity contribution < 1.29 is 23.1 Å². The highest BCUT2D eigenvalue weighted by molar-refractivity contribution is 5.76. The molecular formula is C6H5F3N2O2. The molecule has 13 heavy (non-hydrogen) atoms. The van der Waals surface area contributed by atoms with Crippen LogP contribution < -0.4 is 0 Å². The summed E-state index contributed by atoms with van der Waals surface area (Å²) < 4.78 is 35.8. The van der Waals surface area contributed by atoms with E-state index in [1.165, 1.54) is 0 Å². The maximum atomic E-state index is 11.8. The van der Waals surface area contributed by atoms with E-state index in [9.17, 15) is 18.0 Å². The molecule has 0 aromatic carbocycles. The second-order valence-corrected chi connectivity index (χ2v) is 2.31. The van der Waals surface area contributed by atoms with Crippen LogP contribution in [0.15, 0.2) is 6.20 Å². The summed E-state index contributed by atoms with van der Waals surface area (Å²) in [5, 5.41) is 12.0. The van der Waals surface area contributed by atoms with Crippen molar-refractivity contribution in [2.24, 2.45) is 0 Å². The summed E-state index contributed by atoms with van der Waals surface area (Å²) in [7, 11) is 0. The minimum atomic E-state index is -4.46. The molecule has 0 fully saturated rings. The van der Waals surface area contributed by atoms with Gasteiger partial charge >= 0.3 is 6.18 Å². The normalized spacial score (nSPS) is 11.6. The summed E-state index contributed by atoms with van der Waals surface area (Å²) in [6.07, 6.45) is -3.56. The number of aromatic hydroxyl groups is 1. The number of rotatable bonds is 2. The van der Waals surface area contributed by atoms with E-state index in [0.29, 0.717) is 4.68 Å². The monoisotopic (exact) mass is 194 g/mol. The highest BCUT2D eigenvalue weighted by Crippen LogP contribution is 2.20. The van der Waals surface area contributed by atoms with Crippen LogP contribution in [0.3, 0.4) is 0 Å². The van der Waals surface area contributed by atoms with Crippen LogP contribution in [0.2, 0.25) is 0 Å². The Bertz CT molecular complexity index is 318. The smallest absolute Gasteiger partial charge is 0.408 e. The maximum absolute atomic E-state index is 11.8. The van der Waals surface area contributed by atoms with Gasteiger partial charge in [0.1, 0.15) is 12.2 Å². The number of alkyl halides is 3. The Kier molecular flexibility index (Phi) is 2.26.